The number of carbonyl (C=O) groups excluding carboxylic acids is 4. The van der Waals surface area contributed by atoms with Gasteiger partial charge in [-0.2, -0.15) is 0 Å². The van der Waals surface area contributed by atoms with Gasteiger partial charge in [0.15, 0.2) is 5.96 Å². The number of nitrogens with one attached hydrogen (secondary N) is 2. The molecule has 11 heteroatoms. The minimum atomic E-state index is -0.742. The highest BCUT2D eigenvalue weighted by molar-refractivity contribution is 5.87. The van der Waals surface area contributed by atoms with Gasteiger partial charge in [0.05, 0.1) is 25.0 Å². The number of unbranched alkanes of at least 4 members (excludes halogenated alkanes) is 21. The summed E-state index contributed by atoms with van der Waals surface area (Å²) in [6.07, 6.45) is 33.7. The smallest absolute Gasteiger partial charge is 0.308 e. The predicted octanol–water partition coefficient (Wildman–Crippen LogP) is 11.1. The van der Waals surface area contributed by atoms with Crippen LogP contribution in [0.4, 0.5) is 0 Å². The van der Waals surface area contributed by atoms with Gasteiger partial charge in [0.25, 0.3) is 0 Å². The Labute approximate surface area is 368 Å². The van der Waals surface area contributed by atoms with Crippen LogP contribution < -0.4 is 22.1 Å². The minimum Gasteiger partial charge on any atom is -0.465 e. The van der Waals surface area contributed by atoms with Gasteiger partial charge in [-0.25, -0.2) is 0 Å². The van der Waals surface area contributed by atoms with Crippen LogP contribution in [0.5, 0.6) is 0 Å². The fourth-order valence-corrected chi connectivity index (χ4v) is 7.66. The van der Waals surface area contributed by atoms with Crippen molar-refractivity contribution in [3.05, 3.63) is 0 Å². The second-order valence-corrected chi connectivity index (χ2v) is 17.3. The first-order valence-corrected chi connectivity index (χ1v) is 25.2. The van der Waals surface area contributed by atoms with Gasteiger partial charge in [0.1, 0.15) is 6.04 Å². The zero-order valence-electron chi connectivity index (χ0n) is 39.4. The van der Waals surface area contributed by atoms with Gasteiger partial charge in [0.2, 0.25) is 11.8 Å². The molecule has 0 fully saturated rings. The largest absolute Gasteiger partial charge is 0.465 e. The molecule has 0 aliphatic heterocycles. The average molecular weight is 850 g/mol. The normalized spacial score (nSPS) is 12.7. The summed E-state index contributed by atoms with van der Waals surface area (Å²) in [5.74, 6) is -0.608. The molecule has 0 rings (SSSR count). The Balaban J connectivity index is 4.57. The molecule has 2 unspecified atom stereocenters. The minimum absolute atomic E-state index is 0.0143. The number of nitrogens with two attached hydrogens (primary N) is 2. The Morgan fingerprint density at radius 1 is 0.483 bits per heavy atom. The number of hydrogen-bond acceptors (Lipinski definition) is 7. The van der Waals surface area contributed by atoms with E-state index in [-0.39, 0.29) is 60.9 Å². The maximum atomic E-state index is 13.1. The number of esters is 2. The van der Waals surface area contributed by atoms with Gasteiger partial charge in [-0.05, 0) is 70.6 Å². The van der Waals surface area contributed by atoms with Gasteiger partial charge in [-0.3, -0.25) is 24.2 Å². The lowest BCUT2D eigenvalue weighted by atomic mass is 9.94. The van der Waals surface area contributed by atoms with Gasteiger partial charge in [-0.15, -0.1) is 0 Å². The SMILES string of the molecule is CCCCCCCCC(CCCCCC)C(=O)OCCCCCCNC(=O)[C@H](CCN=C(N)N)NC(=O)CCCCCOC(=O)C(CCCCCC)CCCCCCCC. The highest BCUT2D eigenvalue weighted by atomic mass is 16.5. The third kappa shape index (κ3) is 35.9. The van der Waals surface area contributed by atoms with Gasteiger partial charge < -0.3 is 31.6 Å². The zero-order chi connectivity index (χ0) is 44.3. The molecule has 0 spiro atoms. The molecule has 2 amide bonds. The van der Waals surface area contributed by atoms with Crippen molar-refractivity contribution in [3.8, 4) is 0 Å². The summed E-state index contributed by atoms with van der Waals surface area (Å²) < 4.78 is 11.4. The second kappa shape index (κ2) is 42.8. The first-order valence-electron chi connectivity index (χ1n) is 25.2. The number of ether oxygens (including phenoxy) is 2. The van der Waals surface area contributed by atoms with Crippen LogP contribution in [0.3, 0.4) is 0 Å². The molecule has 0 radical (unpaired) electrons. The number of rotatable bonds is 44. The first kappa shape index (κ1) is 57.1. The van der Waals surface area contributed by atoms with E-state index in [1.54, 1.807) is 0 Å². The van der Waals surface area contributed by atoms with E-state index in [1.807, 2.05) is 0 Å². The van der Waals surface area contributed by atoms with Gasteiger partial charge in [0, 0.05) is 19.5 Å². The second-order valence-electron chi connectivity index (χ2n) is 17.3. The Kier molecular flexibility index (Phi) is 40.8. The average Bonchev–Trinajstić information content (AvgIpc) is 3.23. The van der Waals surface area contributed by atoms with Gasteiger partial charge in [-0.1, -0.05) is 163 Å². The Bertz CT molecular complexity index is 1070. The quantitative estimate of drug-likeness (QED) is 0.0203. The fraction of sp³-hybridized carbons (Fsp3) is 0.898. The van der Waals surface area contributed by atoms with E-state index in [2.05, 4.69) is 43.3 Å². The molecular formula is C49H95N5O6. The van der Waals surface area contributed by atoms with Gasteiger partial charge >= 0.3 is 11.9 Å². The number of amides is 2. The summed E-state index contributed by atoms with van der Waals surface area (Å²) in [6.45, 7) is 10.4. The van der Waals surface area contributed by atoms with Crippen LogP contribution in [-0.4, -0.2) is 62.1 Å². The van der Waals surface area contributed by atoms with Crippen LogP contribution in [0, 0.1) is 11.8 Å². The van der Waals surface area contributed by atoms with E-state index in [9.17, 15) is 19.2 Å². The number of guanidine groups is 1. The summed E-state index contributed by atoms with van der Waals surface area (Å²) in [6, 6.07) is -0.742. The van der Waals surface area contributed by atoms with Crippen molar-refractivity contribution in [1.82, 2.24) is 10.6 Å². The molecule has 0 aromatic rings. The predicted molar refractivity (Wildman–Crippen MR) is 250 cm³/mol. The van der Waals surface area contributed by atoms with Crippen LogP contribution in [0.15, 0.2) is 4.99 Å². The molecule has 0 saturated carbocycles. The zero-order valence-corrected chi connectivity index (χ0v) is 39.4. The molecule has 0 bridgehead atoms. The molecule has 60 heavy (non-hydrogen) atoms. The number of hydrogen-bond donors (Lipinski definition) is 4. The van der Waals surface area contributed by atoms with E-state index >= 15 is 0 Å². The van der Waals surface area contributed by atoms with E-state index < -0.39 is 6.04 Å². The molecule has 3 atom stereocenters. The lowest BCUT2D eigenvalue weighted by Crippen LogP contribution is -2.47. The molecular weight excluding hydrogens is 755 g/mol. The van der Waals surface area contributed by atoms with Crippen molar-refractivity contribution in [3.63, 3.8) is 0 Å². The van der Waals surface area contributed by atoms with Crippen molar-refractivity contribution in [2.24, 2.45) is 28.3 Å². The molecule has 0 saturated heterocycles. The number of carbonyl (C=O) groups is 4. The van der Waals surface area contributed by atoms with Crippen LogP contribution in [0.2, 0.25) is 0 Å². The molecule has 11 nitrogen and oxygen atoms in total. The maximum Gasteiger partial charge on any atom is 0.308 e. The highest BCUT2D eigenvalue weighted by Crippen LogP contribution is 2.22. The molecule has 352 valence electrons. The summed E-state index contributed by atoms with van der Waals surface area (Å²) >= 11 is 0. The van der Waals surface area contributed by atoms with E-state index in [0.717, 1.165) is 89.9 Å². The summed E-state index contributed by atoms with van der Waals surface area (Å²) in [7, 11) is 0. The van der Waals surface area contributed by atoms with Crippen LogP contribution in [-0.2, 0) is 28.7 Å². The van der Waals surface area contributed by atoms with Crippen molar-refractivity contribution < 1.29 is 28.7 Å². The molecule has 6 N–H and O–H groups in total. The standard InChI is InChI=1S/C49H95N5O6/c1-5-9-13-17-19-26-34-42(32-24-15-11-7-3)47(57)59-40-30-22-21-29-38-52-46(56)44(37-39-53-49(50)51)54-45(55)36-28-23-31-41-60-48(58)43(33-25-16-12-8-4)35-27-20-18-14-10-6-2/h42-44H,5-41H2,1-4H3,(H,52,56)(H,54,55)(H4,50,51,53)/t42?,43?,44-/m0/s1. The molecule has 0 aliphatic carbocycles. The first-order chi connectivity index (χ1) is 29.2. The van der Waals surface area contributed by atoms with Crippen molar-refractivity contribution in [2.45, 2.75) is 246 Å². The summed E-state index contributed by atoms with van der Waals surface area (Å²) in [5, 5.41) is 5.84. The Morgan fingerprint density at radius 2 is 0.867 bits per heavy atom. The van der Waals surface area contributed by atoms with E-state index in [4.69, 9.17) is 20.9 Å². The third-order valence-electron chi connectivity index (χ3n) is 11.6. The van der Waals surface area contributed by atoms with E-state index in [0.29, 0.717) is 32.6 Å². The van der Waals surface area contributed by atoms with Crippen molar-refractivity contribution in [2.75, 3.05) is 26.3 Å². The fourth-order valence-electron chi connectivity index (χ4n) is 7.66. The molecule has 0 aromatic heterocycles. The lowest BCUT2D eigenvalue weighted by Gasteiger charge is -2.18. The summed E-state index contributed by atoms with van der Waals surface area (Å²) in [5.41, 5.74) is 11.0. The monoisotopic (exact) mass is 850 g/mol. The van der Waals surface area contributed by atoms with Crippen molar-refractivity contribution in [1.29, 1.82) is 0 Å². The lowest BCUT2D eigenvalue weighted by molar-refractivity contribution is -0.150. The number of nitrogens with zero attached hydrogens (tertiary/aromatic N) is 1. The topological polar surface area (TPSA) is 175 Å². The van der Waals surface area contributed by atoms with Crippen LogP contribution in [0.1, 0.15) is 240 Å². The number of aliphatic imine (C=N–C) groups is 1. The van der Waals surface area contributed by atoms with Crippen molar-refractivity contribution >= 4 is 29.7 Å². The Morgan fingerprint density at radius 3 is 1.32 bits per heavy atom. The third-order valence-corrected chi connectivity index (χ3v) is 11.6. The van der Waals surface area contributed by atoms with E-state index in [1.165, 1.54) is 96.3 Å². The van der Waals surface area contributed by atoms with Crippen LogP contribution in [0.25, 0.3) is 0 Å². The molecule has 0 aromatic carbocycles. The highest BCUT2D eigenvalue weighted by Gasteiger charge is 2.22. The maximum absolute atomic E-state index is 13.1. The molecule has 0 aliphatic rings. The van der Waals surface area contributed by atoms with Crippen LogP contribution >= 0.6 is 0 Å². The molecule has 0 heterocycles. The summed E-state index contributed by atoms with van der Waals surface area (Å²) in [4.78, 5) is 55.9. The Hall–Kier alpha value is -2.85.